The number of aliphatic carboxylic acids is 1. The number of carbonyl (C=O) groups is 2. The monoisotopic (exact) mass is 505 g/mol. The summed E-state index contributed by atoms with van der Waals surface area (Å²) in [4.78, 5) is 24.3. The molecule has 1 unspecified atom stereocenters. The Balaban J connectivity index is 1.57. The number of para-hydroxylation sites is 1. The topological polar surface area (TPSA) is 125 Å². The maximum Gasteiger partial charge on any atom is 0.305 e. The number of hydrogen-bond acceptors (Lipinski definition) is 6. The normalized spacial score (nSPS) is 14.2. The third-order valence-corrected chi connectivity index (χ3v) is 7.98. The Bertz CT molecular complexity index is 1370. The molecule has 3 aromatic rings. The van der Waals surface area contributed by atoms with Crippen molar-refractivity contribution in [3.05, 3.63) is 102 Å². The van der Waals surface area contributed by atoms with Gasteiger partial charge in [-0.25, -0.2) is 8.42 Å². The van der Waals surface area contributed by atoms with Gasteiger partial charge in [0.25, 0.3) is 5.91 Å². The molecule has 8 nitrogen and oxygen atoms in total. The van der Waals surface area contributed by atoms with Crippen LogP contribution < -0.4 is 16.0 Å². The minimum Gasteiger partial charge on any atom is -0.481 e. The second kappa shape index (κ2) is 11.1. The molecule has 1 atom stereocenters. The van der Waals surface area contributed by atoms with Gasteiger partial charge in [-0.1, -0.05) is 42.5 Å². The Hall–Kier alpha value is -4.11. The van der Waals surface area contributed by atoms with Crippen molar-refractivity contribution in [2.45, 2.75) is 29.4 Å². The van der Waals surface area contributed by atoms with Gasteiger partial charge < -0.3 is 21.1 Å². The quantitative estimate of drug-likeness (QED) is 0.336. The molecule has 0 radical (unpaired) electrons. The molecule has 1 heterocycles. The summed E-state index contributed by atoms with van der Waals surface area (Å²) in [6, 6.07) is 21.1. The molecular formula is C27H27N3O5S. The molecule has 0 saturated carbocycles. The Morgan fingerprint density at radius 1 is 0.944 bits per heavy atom. The van der Waals surface area contributed by atoms with Crippen LogP contribution in [-0.2, 0) is 14.6 Å². The van der Waals surface area contributed by atoms with E-state index < -0.39 is 33.4 Å². The first kappa shape index (κ1) is 25.0. The van der Waals surface area contributed by atoms with Crippen LogP contribution >= 0.6 is 0 Å². The number of amides is 1. The average molecular weight is 506 g/mol. The zero-order chi connectivity index (χ0) is 25.5. The van der Waals surface area contributed by atoms with Crippen molar-refractivity contribution in [1.82, 2.24) is 5.32 Å². The van der Waals surface area contributed by atoms with Crippen molar-refractivity contribution in [1.29, 1.82) is 0 Å². The predicted molar refractivity (Wildman–Crippen MR) is 138 cm³/mol. The fourth-order valence-corrected chi connectivity index (χ4v) is 5.88. The van der Waals surface area contributed by atoms with Gasteiger partial charge in [-0.05, 0) is 60.9 Å². The van der Waals surface area contributed by atoms with Crippen LogP contribution in [0.4, 0.5) is 11.4 Å². The maximum absolute atomic E-state index is 13.6. The first-order valence-corrected chi connectivity index (χ1v) is 13.1. The second-order valence-corrected chi connectivity index (χ2v) is 10.5. The summed E-state index contributed by atoms with van der Waals surface area (Å²) in [5.74, 6) is -0.789. The van der Waals surface area contributed by atoms with Crippen LogP contribution in [0.2, 0.25) is 0 Å². The second-order valence-electron chi connectivity index (χ2n) is 8.38. The van der Waals surface area contributed by atoms with Crippen molar-refractivity contribution in [3.8, 4) is 0 Å². The third-order valence-electron chi connectivity index (χ3n) is 5.82. The molecule has 186 valence electrons. The largest absolute Gasteiger partial charge is 0.481 e. The Labute approximate surface area is 210 Å². The van der Waals surface area contributed by atoms with Crippen LogP contribution in [0.15, 0.2) is 95.7 Å². The maximum atomic E-state index is 13.6. The molecule has 4 rings (SSSR count). The zero-order valence-corrected chi connectivity index (χ0v) is 20.3. The molecule has 0 fully saturated rings. The number of rotatable bonds is 9. The van der Waals surface area contributed by atoms with E-state index in [1.807, 2.05) is 0 Å². The highest BCUT2D eigenvalue weighted by Crippen LogP contribution is 2.35. The number of carboxylic acid groups (broad SMARTS) is 1. The number of anilines is 2. The van der Waals surface area contributed by atoms with E-state index in [1.54, 1.807) is 66.7 Å². The number of hydrogen-bond donors (Lipinski definition) is 4. The summed E-state index contributed by atoms with van der Waals surface area (Å²) in [6.07, 6.45) is 3.56. The van der Waals surface area contributed by atoms with Gasteiger partial charge in [-0.15, -0.1) is 0 Å². The molecule has 3 aromatic carbocycles. The predicted octanol–water partition coefficient (Wildman–Crippen LogP) is 4.57. The standard InChI is InChI=1S/C27H27N3O5S/c31-26(32)18-24(19-8-2-1-3-9-19)36(34,35)23-11-5-4-10-22(23)30-27(33)20-13-15-21(16-14-20)29-25-12-6-7-17-28-25/h1-5,8-16,24,28-29H,6-7,17-18H2,(H,30,33)(H,31,32). The van der Waals surface area contributed by atoms with E-state index in [1.165, 1.54) is 12.1 Å². The lowest BCUT2D eigenvalue weighted by atomic mass is 10.1. The van der Waals surface area contributed by atoms with Gasteiger partial charge in [-0.3, -0.25) is 9.59 Å². The fraction of sp³-hybridized carbons (Fsp3) is 0.185. The Morgan fingerprint density at radius 3 is 2.31 bits per heavy atom. The molecule has 0 bridgehead atoms. The molecule has 0 spiro atoms. The van der Waals surface area contributed by atoms with Crippen LogP contribution in [0, 0.1) is 0 Å². The highest BCUT2D eigenvalue weighted by molar-refractivity contribution is 7.91. The molecule has 0 aliphatic carbocycles. The number of nitrogens with one attached hydrogen (secondary N) is 3. The molecule has 0 saturated heterocycles. The highest BCUT2D eigenvalue weighted by Gasteiger charge is 2.33. The average Bonchev–Trinajstić information content (AvgIpc) is 2.89. The minimum atomic E-state index is -4.15. The molecular weight excluding hydrogens is 478 g/mol. The van der Waals surface area contributed by atoms with E-state index in [2.05, 4.69) is 22.0 Å². The summed E-state index contributed by atoms with van der Waals surface area (Å²) in [6.45, 7) is 0.902. The fourth-order valence-electron chi connectivity index (χ4n) is 4.00. The molecule has 36 heavy (non-hydrogen) atoms. The van der Waals surface area contributed by atoms with Gasteiger partial charge in [0.2, 0.25) is 0 Å². The summed E-state index contributed by atoms with van der Waals surface area (Å²) in [5, 5.41) is 17.3. The van der Waals surface area contributed by atoms with E-state index in [-0.39, 0.29) is 10.6 Å². The lowest BCUT2D eigenvalue weighted by Gasteiger charge is -2.19. The Morgan fingerprint density at radius 2 is 1.64 bits per heavy atom. The minimum absolute atomic E-state index is 0.0904. The summed E-state index contributed by atoms with van der Waals surface area (Å²) in [5.41, 5.74) is 1.62. The molecule has 1 amide bonds. The van der Waals surface area contributed by atoms with Gasteiger partial charge in [0, 0.05) is 17.8 Å². The van der Waals surface area contributed by atoms with Crippen LogP contribution in [-0.4, -0.2) is 31.9 Å². The van der Waals surface area contributed by atoms with Crippen LogP contribution in [0.1, 0.15) is 40.4 Å². The van der Waals surface area contributed by atoms with E-state index in [0.717, 1.165) is 30.9 Å². The lowest BCUT2D eigenvalue weighted by Crippen LogP contribution is -2.23. The van der Waals surface area contributed by atoms with Crippen molar-refractivity contribution < 1.29 is 23.1 Å². The lowest BCUT2D eigenvalue weighted by molar-refractivity contribution is -0.137. The third kappa shape index (κ3) is 5.92. The number of benzene rings is 3. The van der Waals surface area contributed by atoms with Gasteiger partial charge in [0.15, 0.2) is 9.84 Å². The van der Waals surface area contributed by atoms with E-state index >= 15 is 0 Å². The van der Waals surface area contributed by atoms with Gasteiger partial charge in [0.1, 0.15) is 5.25 Å². The number of carboxylic acids is 1. The molecule has 1 aliphatic heterocycles. The number of sulfone groups is 1. The summed E-state index contributed by atoms with van der Waals surface area (Å²) in [7, 11) is -4.15. The molecule has 0 aromatic heterocycles. The van der Waals surface area contributed by atoms with Crippen molar-refractivity contribution in [3.63, 3.8) is 0 Å². The number of allylic oxidation sites excluding steroid dienone is 1. The summed E-state index contributed by atoms with van der Waals surface area (Å²) >= 11 is 0. The SMILES string of the molecule is O=C(O)CC(c1ccccc1)S(=O)(=O)c1ccccc1NC(=O)c1ccc(NC2=CCCCN2)cc1. The van der Waals surface area contributed by atoms with Crippen LogP contribution in [0.25, 0.3) is 0 Å². The smallest absolute Gasteiger partial charge is 0.305 e. The Kier molecular flexibility index (Phi) is 7.70. The van der Waals surface area contributed by atoms with E-state index in [4.69, 9.17) is 0 Å². The van der Waals surface area contributed by atoms with Gasteiger partial charge >= 0.3 is 5.97 Å². The van der Waals surface area contributed by atoms with Crippen molar-refractivity contribution in [2.24, 2.45) is 0 Å². The first-order chi connectivity index (χ1) is 17.3. The van der Waals surface area contributed by atoms with Crippen LogP contribution in [0.5, 0.6) is 0 Å². The zero-order valence-electron chi connectivity index (χ0n) is 19.5. The number of carbonyl (C=O) groups excluding carboxylic acids is 1. The summed E-state index contributed by atoms with van der Waals surface area (Å²) < 4.78 is 27.2. The van der Waals surface area contributed by atoms with Crippen molar-refractivity contribution >= 4 is 33.1 Å². The van der Waals surface area contributed by atoms with E-state index in [0.29, 0.717) is 11.1 Å². The van der Waals surface area contributed by atoms with E-state index in [9.17, 15) is 23.1 Å². The molecule has 1 aliphatic rings. The van der Waals surface area contributed by atoms with Crippen molar-refractivity contribution in [2.75, 3.05) is 17.2 Å². The molecule has 4 N–H and O–H groups in total. The van der Waals surface area contributed by atoms with Gasteiger partial charge in [-0.2, -0.15) is 0 Å². The van der Waals surface area contributed by atoms with Crippen LogP contribution in [0.3, 0.4) is 0 Å². The highest BCUT2D eigenvalue weighted by atomic mass is 32.2. The van der Waals surface area contributed by atoms with Gasteiger partial charge in [0.05, 0.1) is 22.8 Å². The first-order valence-electron chi connectivity index (χ1n) is 11.6. The molecule has 9 heteroatoms.